The molecule has 0 atom stereocenters. The number of nitrogens with two attached hydrogens (primary N) is 1. The molecule has 96 valence electrons. The monoisotopic (exact) mass is 298 g/mol. The Kier molecular flexibility index (Phi) is 5.50. The highest BCUT2D eigenvalue weighted by Crippen LogP contribution is 2.30. The first kappa shape index (κ1) is 13.9. The second kappa shape index (κ2) is 7.14. The number of thioether (sulfide) groups is 1. The van der Waals surface area contributed by atoms with E-state index < -0.39 is 0 Å². The van der Waals surface area contributed by atoms with Crippen molar-refractivity contribution < 1.29 is 0 Å². The van der Waals surface area contributed by atoms with Crippen LogP contribution in [0.1, 0.15) is 17.1 Å². The lowest BCUT2D eigenvalue weighted by Gasteiger charge is -2.01. The SMILES string of the molecule is NCCCc1csc(CSc2ccccc2Cl)n1. The molecule has 2 N–H and O–H groups in total. The van der Waals surface area contributed by atoms with Crippen molar-refractivity contribution >= 4 is 34.7 Å². The van der Waals surface area contributed by atoms with Crippen LogP contribution in [-0.4, -0.2) is 11.5 Å². The molecule has 5 heteroatoms. The predicted octanol–water partition coefficient (Wildman–Crippen LogP) is 3.98. The van der Waals surface area contributed by atoms with E-state index in [9.17, 15) is 0 Å². The van der Waals surface area contributed by atoms with Gasteiger partial charge in [-0.2, -0.15) is 0 Å². The normalized spacial score (nSPS) is 10.8. The van der Waals surface area contributed by atoms with Crippen LogP contribution in [0.15, 0.2) is 34.5 Å². The standard InChI is InChI=1S/C13H15ClN2S2/c14-11-5-1-2-6-12(11)17-9-13-16-10(8-18-13)4-3-7-15/h1-2,5-6,8H,3-4,7,9,15H2. The highest BCUT2D eigenvalue weighted by molar-refractivity contribution is 7.98. The van der Waals surface area contributed by atoms with Crippen molar-refractivity contribution in [2.45, 2.75) is 23.5 Å². The number of benzene rings is 1. The van der Waals surface area contributed by atoms with Gasteiger partial charge in [0, 0.05) is 10.3 Å². The van der Waals surface area contributed by atoms with Gasteiger partial charge in [-0.05, 0) is 31.5 Å². The molecular weight excluding hydrogens is 284 g/mol. The smallest absolute Gasteiger partial charge is 0.103 e. The van der Waals surface area contributed by atoms with E-state index in [-0.39, 0.29) is 0 Å². The third kappa shape index (κ3) is 3.99. The maximum Gasteiger partial charge on any atom is 0.103 e. The molecule has 1 aromatic heterocycles. The highest BCUT2D eigenvalue weighted by Gasteiger charge is 2.04. The summed E-state index contributed by atoms with van der Waals surface area (Å²) < 4.78 is 0. The van der Waals surface area contributed by atoms with Crippen molar-refractivity contribution in [3.05, 3.63) is 45.4 Å². The van der Waals surface area contributed by atoms with Crippen LogP contribution in [0, 0.1) is 0 Å². The molecule has 0 radical (unpaired) electrons. The molecule has 18 heavy (non-hydrogen) atoms. The number of thiazole rings is 1. The number of nitrogens with zero attached hydrogens (tertiary/aromatic N) is 1. The molecular formula is C13H15ClN2S2. The van der Waals surface area contributed by atoms with E-state index >= 15 is 0 Å². The summed E-state index contributed by atoms with van der Waals surface area (Å²) in [6.07, 6.45) is 1.98. The molecule has 0 aliphatic carbocycles. The van der Waals surface area contributed by atoms with Crippen LogP contribution in [0.25, 0.3) is 0 Å². The van der Waals surface area contributed by atoms with Crippen molar-refractivity contribution in [3.63, 3.8) is 0 Å². The van der Waals surface area contributed by atoms with Gasteiger partial charge in [0.1, 0.15) is 5.01 Å². The Morgan fingerprint density at radius 2 is 2.17 bits per heavy atom. The van der Waals surface area contributed by atoms with E-state index in [1.807, 2.05) is 24.3 Å². The highest BCUT2D eigenvalue weighted by atomic mass is 35.5. The maximum atomic E-state index is 6.11. The van der Waals surface area contributed by atoms with Crippen LogP contribution in [-0.2, 0) is 12.2 Å². The molecule has 2 rings (SSSR count). The number of hydrogen-bond donors (Lipinski definition) is 1. The number of halogens is 1. The lowest BCUT2D eigenvalue weighted by atomic mass is 10.2. The molecule has 1 heterocycles. The summed E-state index contributed by atoms with van der Waals surface area (Å²) in [4.78, 5) is 5.70. The van der Waals surface area contributed by atoms with Crippen molar-refractivity contribution in [2.75, 3.05) is 6.54 Å². The van der Waals surface area contributed by atoms with E-state index in [2.05, 4.69) is 10.4 Å². The van der Waals surface area contributed by atoms with Crippen LogP contribution in [0.2, 0.25) is 5.02 Å². The molecule has 0 saturated carbocycles. The molecule has 2 aromatic rings. The number of aromatic nitrogens is 1. The minimum absolute atomic E-state index is 0.723. The zero-order valence-electron chi connectivity index (χ0n) is 9.93. The molecule has 2 nitrogen and oxygen atoms in total. The molecule has 0 aliphatic heterocycles. The van der Waals surface area contributed by atoms with Crippen LogP contribution in [0.5, 0.6) is 0 Å². The molecule has 0 aliphatic rings. The Morgan fingerprint density at radius 3 is 2.94 bits per heavy atom. The molecule has 0 amide bonds. The van der Waals surface area contributed by atoms with Gasteiger partial charge in [0.05, 0.1) is 16.5 Å². The second-order valence-corrected chi connectivity index (χ2v) is 6.21. The zero-order valence-corrected chi connectivity index (χ0v) is 12.3. The Balaban J connectivity index is 1.90. The molecule has 0 fully saturated rings. The summed E-state index contributed by atoms with van der Waals surface area (Å²) in [5.41, 5.74) is 6.64. The fourth-order valence-corrected chi connectivity index (χ4v) is 3.60. The topological polar surface area (TPSA) is 38.9 Å². The average Bonchev–Trinajstić information content (AvgIpc) is 2.83. The van der Waals surface area contributed by atoms with Gasteiger partial charge in [0.2, 0.25) is 0 Å². The summed E-state index contributed by atoms with van der Waals surface area (Å²) >= 11 is 9.55. The van der Waals surface area contributed by atoms with E-state index in [1.165, 1.54) is 0 Å². The van der Waals surface area contributed by atoms with Gasteiger partial charge in [-0.3, -0.25) is 0 Å². The van der Waals surface area contributed by atoms with E-state index in [1.54, 1.807) is 23.1 Å². The van der Waals surface area contributed by atoms with Crippen LogP contribution in [0.4, 0.5) is 0 Å². The fraction of sp³-hybridized carbons (Fsp3) is 0.308. The van der Waals surface area contributed by atoms with Gasteiger partial charge in [-0.15, -0.1) is 23.1 Å². The average molecular weight is 299 g/mol. The minimum Gasteiger partial charge on any atom is -0.330 e. The summed E-state index contributed by atoms with van der Waals surface area (Å²) in [6.45, 7) is 0.723. The Bertz CT molecular complexity index is 499. The van der Waals surface area contributed by atoms with E-state index in [0.29, 0.717) is 0 Å². The number of hydrogen-bond acceptors (Lipinski definition) is 4. The minimum atomic E-state index is 0.723. The third-order valence-electron chi connectivity index (χ3n) is 2.42. The van der Waals surface area contributed by atoms with Crippen molar-refractivity contribution in [1.29, 1.82) is 0 Å². The molecule has 0 unspecified atom stereocenters. The van der Waals surface area contributed by atoms with E-state index in [0.717, 1.165) is 45.8 Å². The molecule has 0 spiro atoms. The zero-order chi connectivity index (χ0) is 12.8. The van der Waals surface area contributed by atoms with Gasteiger partial charge in [0.15, 0.2) is 0 Å². The summed E-state index contributed by atoms with van der Waals surface area (Å²) in [5.74, 6) is 0.872. The van der Waals surface area contributed by atoms with Crippen LogP contribution >= 0.6 is 34.7 Å². The summed E-state index contributed by atoms with van der Waals surface area (Å²) in [5, 5.41) is 4.08. The Morgan fingerprint density at radius 1 is 1.33 bits per heavy atom. The second-order valence-electron chi connectivity index (χ2n) is 3.84. The van der Waals surface area contributed by atoms with Gasteiger partial charge < -0.3 is 5.73 Å². The number of rotatable bonds is 6. The Labute approximate surface area is 121 Å². The molecule has 0 bridgehead atoms. The predicted molar refractivity (Wildman–Crippen MR) is 80.5 cm³/mol. The van der Waals surface area contributed by atoms with Crippen molar-refractivity contribution in [2.24, 2.45) is 5.73 Å². The third-order valence-corrected chi connectivity index (χ3v) is 5.03. The van der Waals surface area contributed by atoms with Crippen LogP contribution in [0.3, 0.4) is 0 Å². The summed E-state index contributed by atoms with van der Waals surface area (Å²) in [6, 6.07) is 7.90. The van der Waals surface area contributed by atoms with Gasteiger partial charge in [0.25, 0.3) is 0 Å². The lowest BCUT2D eigenvalue weighted by Crippen LogP contribution is -2.00. The Hall–Kier alpha value is -0.550. The number of aryl methyl sites for hydroxylation is 1. The largest absolute Gasteiger partial charge is 0.330 e. The van der Waals surface area contributed by atoms with Crippen LogP contribution < -0.4 is 5.73 Å². The fourth-order valence-electron chi connectivity index (χ4n) is 1.51. The first-order valence-corrected chi connectivity index (χ1v) is 8.04. The first-order valence-electron chi connectivity index (χ1n) is 5.80. The van der Waals surface area contributed by atoms with Gasteiger partial charge in [-0.25, -0.2) is 4.98 Å². The lowest BCUT2D eigenvalue weighted by molar-refractivity contribution is 0.813. The molecule has 1 aromatic carbocycles. The summed E-state index contributed by atoms with van der Waals surface area (Å²) in [7, 11) is 0. The van der Waals surface area contributed by atoms with Gasteiger partial charge in [-0.1, -0.05) is 23.7 Å². The maximum absolute atomic E-state index is 6.11. The molecule has 0 saturated heterocycles. The van der Waals surface area contributed by atoms with Crippen molar-refractivity contribution in [1.82, 2.24) is 4.98 Å². The first-order chi connectivity index (χ1) is 8.79. The van der Waals surface area contributed by atoms with Gasteiger partial charge >= 0.3 is 0 Å². The quantitative estimate of drug-likeness (QED) is 0.820. The van der Waals surface area contributed by atoms with Crippen molar-refractivity contribution in [3.8, 4) is 0 Å². The van der Waals surface area contributed by atoms with E-state index in [4.69, 9.17) is 17.3 Å².